The number of nitrogens with zero attached hydrogens (tertiary/aromatic N) is 6. The second kappa shape index (κ2) is 14.2. The first kappa shape index (κ1) is 39.7. The number of amidine groups is 2. The number of aromatic nitrogens is 2. The Labute approximate surface area is 375 Å². The van der Waals surface area contributed by atoms with E-state index >= 15 is 0 Å². The number of hydrogen-bond acceptors (Lipinski definition) is 6. The average Bonchev–Trinajstić information content (AvgIpc) is 3.63. The van der Waals surface area contributed by atoms with E-state index in [1.54, 1.807) is 0 Å². The van der Waals surface area contributed by atoms with E-state index in [1.807, 2.05) is 0 Å². The zero-order valence-corrected chi connectivity index (χ0v) is 37.8. The van der Waals surface area contributed by atoms with Gasteiger partial charge in [0.25, 0.3) is 0 Å². The maximum Gasteiger partial charge on any atom is 0.155 e. The van der Waals surface area contributed by atoms with Crippen LogP contribution >= 0.6 is 0 Å². The third-order valence-electron chi connectivity index (χ3n) is 14.8. The summed E-state index contributed by atoms with van der Waals surface area (Å²) in [6.45, 7) is 17.9. The van der Waals surface area contributed by atoms with Crippen LogP contribution in [0.5, 0.6) is 0 Å². The number of para-hydroxylation sites is 2. The first-order valence-corrected chi connectivity index (χ1v) is 22.4. The second-order valence-electron chi connectivity index (χ2n) is 19.4. The van der Waals surface area contributed by atoms with Crippen molar-refractivity contribution in [2.24, 2.45) is 9.98 Å². The molecule has 11 rings (SSSR count). The fourth-order valence-electron chi connectivity index (χ4n) is 10.2. The summed E-state index contributed by atoms with van der Waals surface area (Å²) in [5.41, 5.74) is 7.11. The molecule has 314 valence electrons. The molecule has 0 fully saturated rings. The highest BCUT2D eigenvalue weighted by Gasteiger charge is 2.51. The zero-order chi connectivity index (χ0) is 44.2. The topological polar surface area (TPSA) is 57.0 Å². The van der Waals surface area contributed by atoms with Crippen molar-refractivity contribution in [2.45, 2.75) is 77.5 Å². The molecule has 6 heteroatoms. The normalized spacial score (nSPS) is 17.4. The quantitative estimate of drug-likeness (QED) is 0.124. The Kier molecular flexibility index (Phi) is 8.78. The maximum atomic E-state index is 5.35. The van der Waals surface area contributed by atoms with E-state index in [2.05, 4.69) is 235 Å². The zero-order valence-electron chi connectivity index (χ0n) is 37.8. The van der Waals surface area contributed by atoms with Crippen LogP contribution in [0.2, 0.25) is 0 Å². The summed E-state index contributed by atoms with van der Waals surface area (Å²) >= 11 is 0. The Morgan fingerprint density at radius 1 is 0.344 bits per heavy atom. The van der Waals surface area contributed by atoms with Crippen LogP contribution < -0.4 is 9.80 Å². The van der Waals surface area contributed by atoms with Gasteiger partial charge in [-0.2, -0.15) is 0 Å². The van der Waals surface area contributed by atoms with Gasteiger partial charge in [0, 0.05) is 34.9 Å². The molecule has 0 saturated carbocycles. The summed E-state index contributed by atoms with van der Waals surface area (Å²) in [7, 11) is 0. The summed E-state index contributed by atoms with van der Waals surface area (Å²) in [4.78, 5) is 26.0. The minimum Gasteiger partial charge on any atom is -0.317 e. The van der Waals surface area contributed by atoms with Crippen molar-refractivity contribution < 1.29 is 0 Å². The van der Waals surface area contributed by atoms with Crippen LogP contribution in [-0.2, 0) is 0 Å². The number of benzene rings is 7. The van der Waals surface area contributed by atoms with Crippen LogP contribution in [0.15, 0.2) is 180 Å². The van der Waals surface area contributed by atoms with Gasteiger partial charge >= 0.3 is 0 Å². The van der Waals surface area contributed by atoms with Crippen molar-refractivity contribution in [1.29, 1.82) is 0 Å². The van der Waals surface area contributed by atoms with Crippen molar-refractivity contribution in [2.75, 3.05) is 9.80 Å². The Balaban J connectivity index is 1.13. The second-order valence-corrected chi connectivity index (χ2v) is 19.4. The van der Waals surface area contributed by atoms with Gasteiger partial charge in [0.2, 0.25) is 0 Å². The molecule has 7 aromatic carbocycles. The van der Waals surface area contributed by atoms with Gasteiger partial charge in [0.15, 0.2) is 11.7 Å². The van der Waals surface area contributed by atoms with Crippen LogP contribution in [0.4, 0.5) is 11.4 Å². The third-order valence-corrected chi connectivity index (χ3v) is 14.8. The van der Waals surface area contributed by atoms with Crippen molar-refractivity contribution >= 4 is 66.1 Å². The summed E-state index contributed by atoms with van der Waals surface area (Å²) in [5, 5.41) is 9.57. The molecule has 6 nitrogen and oxygen atoms in total. The van der Waals surface area contributed by atoms with Gasteiger partial charge in [-0.1, -0.05) is 121 Å². The van der Waals surface area contributed by atoms with E-state index in [0.717, 1.165) is 67.5 Å². The Hall–Kier alpha value is -7.18. The first-order chi connectivity index (χ1) is 30.8. The fourth-order valence-corrected chi connectivity index (χ4v) is 10.2. The molecule has 0 spiro atoms. The molecule has 2 aliphatic rings. The van der Waals surface area contributed by atoms with Crippen LogP contribution in [0.3, 0.4) is 0 Å². The van der Waals surface area contributed by atoms with Crippen molar-refractivity contribution in [3.05, 3.63) is 182 Å². The number of anilines is 2. The molecule has 0 saturated heterocycles. The lowest BCUT2D eigenvalue weighted by Crippen LogP contribution is -2.53. The highest BCUT2D eigenvalue weighted by Crippen LogP contribution is 2.50. The van der Waals surface area contributed by atoms with Crippen molar-refractivity contribution in [3.8, 4) is 22.3 Å². The van der Waals surface area contributed by atoms with Gasteiger partial charge in [-0.05, 0) is 146 Å². The fraction of sp³-hybridized carbons (Fsp3) is 0.207. The highest BCUT2D eigenvalue weighted by molar-refractivity contribution is 6.36. The Morgan fingerprint density at radius 2 is 0.672 bits per heavy atom. The number of aliphatic imine (C=N–C) groups is 2. The summed E-state index contributed by atoms with van der Waals surface area (Å²) in [6, 6.07) is 56.5. The number of fused-ring (bicyclic) bond motifs is 7. The molecule has 2 aliphatic heterocycles. The van der Waals surface area contributed by atoms with Crippen LogP contribution in [0, 0.1) is 0 Å². The number of hydrogen-bond donors (Lipinski definition) is 0. The van der Waals surface area contributed by atoms with E-state index in [0.29, 0.717) is 0 Å². The molecule has 9 aromatic rings. The minimum absolute atomic E-state index is 0.279. The minimum atomic E-state index is -0.340. The molecule has 0 atom stereocenters. The molecular formula is C58H52N6. The predicted molar refractivity (Wildman–Crippen MR) is 270 cm³/mol. The van der Waals surface area contributed by atoms with Crippen LogP contribution in [0.1, 0.15) is 66.8 Å². The molecule has 0 unspecified atom stereocenters. The van der Waals surface area contributed by atoms with Gasteiger partial charge in [0.05, 0.1) is 22.2 Å². The standard InChI is InChI=1S/C58H52N6/c1-55(2)57(5,6)63(39-21-11-9-12-22-39)53(61-55)47-33-31-37(35-59-47)49-45-29-19-20-30-46(45)50(52-44-28-18-16-26-42(44)41-25-15-17-27-43(41)51(49)52)38-32-34-48(60-36-38)54-62-56(3,4)58(7,8)64(54)40-23-13-10-14-24-40/h9-36H,1-8H3. The van der Waals surface area contributed by atoms with Crippen LogP contribution in [0.25, 0.3) is 65.3 Å². The lowest BCUT2D eigenvalue weighted by Gasteiger charge is -2.41. The SMILES string of the molecule is CC1(C)N=C(c2ccc(-c3c4ccccc4c(-c4ccc(C5=NC(C)(C)C(C)(C)N5c5ccccc5)nc4)c4c5ccccc5c5ccccc5c34)cn2)N(c2ccccc2)C1(C)C. The Bertz CT molecular complexity index is 3140. The van der Waals surface area contributed by atoms with Gasteiger partial charge in [0.1, 0.15) is 11.4 Å². The lowest BCUT2D eigenvalue weighted by atomic mass is 9.82. The summed E-state index contributed by atoms with van der Waals surface area (Å²) < 4.78 is 0. The van der Waals surface area contributed by atoms with E-state index in [1.165, 1.54) is 32.3 Å². The Morgan fingerprint density at radius 3 is 1.02 bits per heavy atom. The number of rotatable bonds is 6. The van der Waals surface area contributed by atoms with Crippen LogP contribution in [-0.4, -0.2) is 43.8 Å². The molecule has 64 heavy (non-hydrogen) atoms. The molecule has 0 radical (unpaired) electrons. The molecule has 2 aromatic heterocycles. The van der Waals surface area contributed by atoms with E-state index in [4.69, 9.17) is 20.0 Å². The maximum absolute atomic E-state index is 5.35. The monoisotopic (exact) mass is 832 g/mol. The smallest absolute Gasteiger partial charge is 0.155 e. The highest BCUT2D eigenvalue weighted by atomic mass is 15.4. The van der Waals surface area contributed by atoms with E-state index in [-0.39, 0.29) is 22.2 Å². The molecule has 0 bridgehead atoms. The van der Waals surface area contributed by atoms with Gasteiger partial charge in [-0.15, -0.1) is 0 Å². The van der Waals surface area contributed by atoms with E-state index < -0.39 is 0 Å². The molecule has 0 amide bonds. The third kappa shape index (κ3) is 5.78. The van der Waals surface area contributed by atoms with Crippen molar-refractivity contribution in [3.63, 3.8) is 0 Å². The number of pyridine rings is 2. The summed E-state index contributed by atoms with van der Waals surface area (Å²) in [6.07, 6.45) is 4.12. The molecular weight excluding hydrogens is 781 g/mol. The molecule has 0 N–H and O–H groups in total. The predicted octanol–water partition coefficient (Wildman–Crippen LogP) is 14.1. The van der Waals surface area contributed by atoms with E-state index in [9.17, 15) is 0 Å². The van der Waals surface area contributed by atoms with Gasteiger partial charge in [-0.25, -0.2) is 0 Å². The average molecular weight is 833 g/mol. The largest absolute Gasteiger partial charge is 0.317 e. The lowest BCUT2D eigenvalue weighted by molar-refractivity contribution is 0.338. The molecule has 0 aliphatic carbocycles. The van der Waals surface area contributed by atoms with Gasteiger partial charge in [-0.3, -0.25) is 20.0 Å². The van der Waals surface area contributed by atoms with Crippen molar-refractivity contribution in [1.82, 2.24) is 9.97 Å². The first-order valence-electron chi connectivity index (χ1n) is 22.4. The van der Waals surface area contributed by atoms with Gasteiger partial charge < -0.3 is 9.80 Å². The molecule has 4 heterocycles. The summed E-state index contributed by atoms with van der Waals surface area (Å²) in [5.74, 6) is 1.76.